The van der Waals surface area contributed by atoms with E-state index in [9.17, 15) is 14.7 Å². The van der Waals surface area contributed by atoms with Crippen molar-refractivity contribution < 1.29 is 19.4 Å². The fourth-order valence-corrected chi connectivity index (χ4v) is 8.25. The SMILES string of the molecule is CCCCCCCCCC(=O)OC1CC[C@H]2[C@@H]3CCC4=CC(=O)CC[C@]4(CO)[C@@H]3CC[C@]12C. The van der Waals surface area contributed by atoms with Crippen LogP contribution in [-0.2, 0) is 14.3 Å². The summed E-state index contributed by atoms with van der Waals surface area (Å²) in [6.45, 7) is 4.78. The Hall–Kier alpha value is -1.16. The zero-order valence-corrected chi connectivity index (χ0v) is 21.1. The molecular weight excluding hydrogens is 412 g/mol. The number of hydrogen-bond donors (Lipinski definition) is 1. The van der Waals surface area contributed by atoms with E-state index in [-0.39, 0.29) is 35.3 Å². The molecule has 0 bridgehead atoms. The fraction of sp³-hybridized carbons (Fsp3) is 0.862. The third-order valence-corrected chi connectivity index (χ3v) is 10.1. The van der Waals surface area contributed by atoms with Crippen molar-refractivity contribution in [3.63, 3.8) is 0 Å². The summed E-state index contributed by atoms with van der Waals surface area (Å²) in [5.41, 5.74) is 1.12. The van der Waals surface area contributed by atoms with Crippen LogP contribution in [0.25, 0.3) is 0 Å². The molecule has 4 aliphatic carbocycles. The minimum atomic E-state index is -0.177. The number of hydrogen-bond acceptors (Lipinski definition) is 4. The number of ether oxygens (including phenoxy) is 1. The molecule has 1 N–H and O–H groups in total. The first-order valence-electron chi connectivity index (χ1n) is 14.0. The molecule has 186 valence electrons. The van der Waals surface area contributed by atoms with E-state index in [0.717, 1.165) is 57.8 Å². The molecule has 4 aliphatic rings. The van der Waals surface area contributed by atoms with Crippen molar-refractivity contribution in [2.45, 2.75) is 123 Å². The Morgan fingerprint density at radius 1 is 1.00 bits per heavy atom. The van der Waals surface area contributed by atoms with Crippen LogP contribution in [0.3, 0.4) is 0 Å². The number of aliphatic hydroxyl groups excluding tert-OH is 1. The van der Waals surface area contributed by atoms with Gasteiger partial charge in [-0.15, -0.1) is 0 Å². The van der Waals surface area contributed by atoms with Crippen LogP contribution in [0.2, 0.25) is 0 Å². The van der Waals surface area contributed by atoms with Gasteiger partial charge in [-0.1, -0.05) is 57.9 Å². The molecule has 4 rings (SSSR count). The van der Waals surface area contributed by atoms with Crippen LogP contribution in [0.4, 0.5) is 0 Å². The van der Waals surface area contributed by atoms with Crippen molar-refractivity contribution in [2.75, 3.05) is 6.61 Å². The van der Waals surface area contributed by atoms with Crippen LogP contribution in [0.5, 0.6) is 0 Å². The molecule has 1 unspecified atom stereocenters. The van der Waals surface area contributed by atoms with Gasteiger partial charge >= 0.3 is 5.97 Å². The summed E-state index contributed by atoms with van der Waals surface area (Å²) >= 11 is 0. The average Bonchev–Trinajstić information content (AvgIpc) is 3.14. The Morgan fingerprint density at radius 2 is 1.76 bits per heavy atom. The summed E-state index contributed by atoms with van der Waals surface area (Å²) in [5, 5.41) is 10.5. The maximum Gasteiger partial charge on any atom is 0.306 e. The molecule has 0 aromatic heterocycles. The van der Waals surface area contributed by atoms with Gasteiger partial charge in [-0.3, -0.25) is 9.59 Å². The molecule has 0 aromatic carbocycles. The summed E-state index contributed by atoms with van der Waals surface area (Å²) < 4.78 is 6.14. The normalized spacial score (nSPS) is 37.7. The summed E-state index contributed by atoms with van der Waals surface area (Å²) in [7, 11) is 0. The lowest BCUT2D eigenvalue weighted by Crippen LogP contribution is -2.53. The molecule has 3 saturated carbocycles. The predicted molar refractivity (Wildman–Crippen MR) is 131 cm³/mol. The standard InChI is InChI=1S/C29H46O4/c1-3-4-5-6-7-8-9-10-27(32)33-26-14-13-24-23-12-11-21-19-22(31)15-18-29(21,20-30)25(23)16-17-28(24,26)2/h19,23-26,30H,3-18,20H2,1-2H3/t23-,24-,25+,26?,28-,29+/m0/s1. The highest BCUT2D eigenvalue weighted by Gasteiger charge is 2.60. The Bertz CT molecular complexity index is 742. The molecule has 3 fully saturated rings. The van der Waals surface area contributed by atoms with Crippen LogP contribution in [0.15, 0.2) is 11.6 Å². The van der Waals surface area contributed by atoms with Gasteiger partial charge in [0, 0.05) is 23.7 Å². The third-order valence-electron chi connectivity index (χ3n) is 10.1. The fourth-order valence-electron chi connectivity index (χ4n) is 8.25. The van der Waals surface area contributed by atoms with Gasteiger partial charge in [0.2, 0.25) is 0 Å². The third kappa shape index (κ3) is 4.83. The maximum absolute atomic E-state index is 12.7. The van der Waals surface area contributed by atoms with Gasteiger partial charge in [-0.2, -0.15) is 0 Å². The second-order valence-corrected chi connectivity index (χ2v) is 11.8. The smallest absolute Gasteiger partial charge is 0.306 e. The van der Waals surface area contributed by atoms with E-state index in [4.69, 9.17) is 4.74 Å². The van der Waals surface area contributed by atoms with E-state index in [1.165, 1.54) is 37.7 Å². The van der Waals surface area contributed by atoms with Crippen LogP contribution >= 0.6 is 0 Å². The molecule has 6 atom stereocenters. The van der Waals surface area contributed by atoms with E-state index in [0.29, 0.717) is 30.6 Å². The van der Waals surface area contributed by atoms with Crippen molar-refractivity contribution in [3.8, 4) is 0 Å². The summed E-state index contributed by atoms with van der Waals surface area (Å²) in [5.74, 6) is 1.85. The highest BCUT2D eigenvalue weighted by Crippen LogP contribution is 2.65. The van der Waals surface area contributed by atoms with E-state index < -0.39 is 0 Å². The lowest BCUT2D eigenvalue weighted by Gasteiger charge is -2.58. The number of carbonyl (C=O) groups excluding carboxylic acids is 2. The van der Waals surface area contributed by atoms with Gasteiger partial charge in [0.15, 0.2) is 5.78 Å². The van der Waals surface area contributed by atoms with Crippen LogP contribution in [-0.4, -0.2) is 29.6 Å². The molecule has 4 nitrogen and oxygen atoms in total. The Morgan fingerprint density at radius 3 is 2.52 bits per heavy atom. The number of fused-ring (bicyclic) bond motifs is 5. The van der Waals surface area contributed by atoms with Crippen LogP contribution in [0, 0.1) is 28.6 Å². The number of ketones is 1. The van der Waals surface area contributed by atoms with Crippen molar-refractivity contribution in [2.24, 2.45) is 28.6 Å². The minimum Gasteiger partial charge on any atom is -0.462 e. The molecule has 0 amide bonds. The van der Waals surface area contributed by atoms with Crippen LogP contribution < -0.4 is 0 Å². The van der Waals surface area contributed by atoms with Crippen molar-refractivity contribution in [3.05, 3.63) is 11.6 Å². The van der Waals surface area contributed by atoms with Crippen molar-refractivity contribution in [1.29, 1.82) is 0 Å². The molecule has 0 heterocycles. The second-order valence-electron chi connectivity index (χ2n) is 11.8. The van der Waals surface area contributed by atoms with Gasteiger partial charge in [0.1, 0.15) is 6.10 Å². The minimum absolute atomic E-state index is 0.00374. The molecule has 0 radical (unpaired) electrons. The zero-order valence-electron chi connectivity index (χ0n) is 21.1. The van der Waals surface area contributed by atoms with E-state index in [1.807, 2.05) is 6.08 Å². The van der Waals surface area contributed by atoms with Gasteiger partial charge in [-0.05, 0) is 75.2 Å². The first-order valence-corrected chi connectivity index (χ1v) is 14.0. The van der Waals surface area contributed by atoms with Gasteiger partial charge in [-0.25, -0.2) is 0 Å². The number of unbranched alkanes of at least 4 members (excludes halogenated alkanes) is 6. The Balaban J connectivity index is 1.33. The first kappa shape index (κ1) is 24.9. The summed E-state index contributed by atoms with van der Waals surface area (Å²) in [6.07, 6.45) is 18.7. The molecule has 0 saturated heterocycles. The lowest BCUT2D eigenvalue weighted by molar-refractivity contribution is -0.160. The lowest BCUT2D eigenvalue weighted by atomic mass is 9.47. The number of esters is 1. The molecule has 0 aromatic rings. The number of rotatable bonds is 10. The molecule has 33 heavy (non-hydrogen) atoms. The quantitative estimate of drug-likeness (QED) is 0.298. The maximum atomic E-state index is 12.7. The Kier molecular flexibility index (Phi) is 8.03. The van der Waals surface area contributed by atoms with Gasteiger partial charge in [0.25, 0.3) is 0 Å². The van der Waals surface area contributed by atoms with Gasteiger partial charge in [0.05, 0.1) is 6.61 Å². The number of aliphatic hydroxyl groups is 1. The zero-order chi connectivity index (χ0) is 23.5. The first-order chi connectivity index (χ1) is 15.9. The number of carbonyl (C=O) groups is 2. The highest BCUT2D eigenvalue weighted by molar-refractivity contribution is 5.91. The van der Waals surface area contributed by atoms with Crippen molar-refractivity contribution in [1.82, 2.24) is 0 Å². The molecule has 0 aliphatic heterocycles. The van der Waals surface area contributed by atoms with E-state index in [1.54, 1.807) is 0 Å². The molecular formula is C29H46O4. The average molecular weight is 459 g/mol. The van der Waals surface area contributed by atoms with Crippen molar-refractivity contribution >= 4 is 11.8 Å². The summed E-state index contributed by atoms with van der Waals surface area (Å²) in [6, 6.07) is 0. The summed E-state index contributed by atoms with van der Waals surface area (Å²) in [4.78, 5) is 24.7. The van der Waals surface area contributed by atoms with E-state index in [2.05, 4.69) is 13.8 Å². The van der Waals surface area contributed by atoms with Gasteiger partial charge < -0.3 is 9.84 Å². The Labute approximate surface area is 200 Å². The molecule has 0 spiro atoms. The second kappa shape index (κ2) is 10.6. The van der Waals surface area contributed by atoms with Crippen LogP contribution in [0.1, 0.15) is 117 Å². The predicted octanol–water partition coefficient (Wildman–Crippen LogP) is 6.54. The largest absolute Gasteiger partial charge is 0.462 e. The highest BCUT2D eigenvalue weighted by atomic mass is 16.5. The molecule has 4 heteroatoms. The topological polar surface area (TPSA) is 63.6 Å². The van der Waals surface area contributed by atoms with E-state index >= 15 is 0 Å². The monoisotopic (exact) mass is 458 g/mol.